The van der Waals surface area contributed by atoms with Crippen LogP contribution in [0.3, 0.4) is 0 Å². The summed E-state index contributed by atoms with van der Waals surface area (Å²) in [6.45, 7) is 0. The summed E-state index contributed by atoms with van der Waals surface area (Å²) >= 11 is 5.11. The van der Waals surface area contributed by atoms with E-state index in [9.17, 15) is 4.79 Å². The van der Waals surface area contributed by atoms with Crippen LogP contribution in [0.1, 0.15) is 0 Å². The number of nitrogens with one attached hydrogen (secondary N) is 3. The number of thiocarbonyl (C=S) groups is 1. The largest absolute Gasteiger partial charge is 0.432 e. The molecule has 3 N–H and O–H groups in total. The highest BCUT2D eigenvalue weighted by molar-refractivity contribution is 7.80. The van der Waals surface area contributed by atoms with Crippen LogP contribution in [0.15, 0.2) is 54.6 Å². The van der Waals surface area contributed by atoms with Gasteiger partial charge in [-0.25, -0.2) is 0 Å². The number of benzene rings is 2. The number of para-hydroxylation sites is 1. The summed E-state index contributed by atoms with van der Waals surface area (Å²) in [5.41, 5.74) is 6.62. The lowest BCUT2D eigenvalue weighted by atomic mass is 10.3. The van der Waals surface area contributed by atoms with Crippen molar-refractivity contribution in [3.63, 3.8) is 0 Å². The monoisotopic (exact) mass is 287 g/mol. The van der Waals surface area contributed by atoms with Gasteiger partial charge in [-0.1, -0.05) is 18.2 Å². The molecule has 2 aromatic carbocycles. The lowest BCUT2D eigenvalue weighted by molar-refractivity contribution is -0.109. The van der Waals surface area contributed by atoms with E-state index in [1.54, 1.807) is 12.1 Å². The molecule has 0 unspecified atom stereocenters. The normalized spacial score (nSPS) is 9.40. The van der Waals surface area contributed by atoms with Gasteiger partial charge in [-0.05, 0) is 48.6 Å². The van der Waals surface area contributed by atoms with Gasteiger partial charge in [-0.3, -0.25) is 15.6 Å². The molecule has 0 radical (unpaired) electrons. The van der Waals surface area contributed by atoms with Crippen molar-refractivity contribution in [1.29, 1.82) is 0 Å². The Kier molecular flexibility index (Phi) is 4.91. The van der Waals surface area contributed by atoms with Crippen molar-refractivity contribution in [3.05, 3.63) is 54.6 Å². The highest BCUT2D eigenvalue weighted by Crippen LogP contribution is 2.14. The Balaban J connectivity index is 1.89. The van der Waals surface area contributed by atoms with Gasteiger partial charge in [0.05, 0.1) is 5.69 Å². The van der Waals surface area contributed by atoms with E-state index in [-0.39, 0.29) is 5.17 Å². The van der Waals surface area contributed by atoms with Crippen molar-refractivity contribution in [2.24, 2.45) is 0 Å². The van der Waals surface area contributed by atoms with E-state index in [2.05, 4.69) is 16.2 Å². The number of amides is 1. The number of carbonyl (C=O) groups is 1. The number of ether oxygens (including phenoxy) is 1. The number of anilines is 2. The van der Waals surface area contributed by atoms with Crippen molar-refractivity contribution in [2.45, 2.75) is 0 Å². The molecule has 0 heterocycles. The quantitative estimate of drug-likeness (QED) is 0.448. The van der Waals surface area contributed by atoms with Gasteiger partial charge in [0.15, 0.2) is 0 Å². The van der Waals surface area contributed by atoms with Crippen molar-refractivity contribution in [3.8, 4) is 5.75 Å². The average Bonchev–Trinajstić information content (AvgIpc) is 2.47. The number of hydrazine groups is 1. The number of hydrogen-bond acceptors (Lipinski definition) is 4. The first kappa shape index (κ1) is 13.8. The second kappa shape index (κ2) is 7.10. The Morgan fingerprint density at radius 1 is 1.00 bits per heavy atom. The van der Waals surface area contributed by atoms with Gasteiger partial charge in [0, 0.05) is 5.69 Å². The fourth-order valence-electron chi connectivity index (χ4n) is 1.49. The van der Waals surface area contributed by atoms with Crippen LogP contribution in [0.2, 0.25) is 0 Å². The van der Waals surface area contributed by atoms with Crippen molar-refractivity contribution in [1.82, 2.24) is 5.43 Å². The van der Waals surface area contributed by atoms with Gasteiger partial charge < -0.3 is 10.1 Å². The van der Waals surface area contributed by atoms with Crippen molar-refractivity contribution < 1.29 is 9.53 Å². The lowest BCUT2D eigenvalue weighted by Crippen LogP contribution is -2.19. The summed E-state index contributed by atoms with van der Waals surface area (Å²) in [5, 5.41) is 3.23. The van der Waals surface area contributed by atoms with Gasteiger partial charge in [0.1, 0.15) is 5.75 Å². The summed E-state index contributed by atoms with van der Waals surface area (Å²) in [4.78, 5) is 10.1. The third-order valence-corrected chi connectivity index (χ3v) is 2.55. The molecule has 0 aliphatic heterocycles. The van der Waals surface area contributed by atoms with Crippen molar-refractivity contribution >= 4 is 35.2 Å². The molecule has 2 aromatic rings. The first-order chi connectivity index (χ1) is 9.78. The van der Waals surface area contributed by atoms with E-state index < -0.39 is 0 Å². The average molecular weight is 287 g/mol. The Bertz CT molecular complexity index is 573. The summed E-state index contributed by atoms with van der Waals surface area (Å²) in [6.07, 6.45) is 0.564. The fraction of sp³-hybridized carbons (Fsp3) is 0. The molecular formula is C14H13N3O2S. The highest BCUT2D eigenvalue weighted by Gasteiger charge is 2.00. The maximum atomic E-state index is 10.1. The molecule has 0 bridgehead atoms. The SMILES string of the molecule is O=CNNc1ccc(NC(=S)Oc2ccccc2)cc1. The maximum Gasteiger partial charge on any atom is 0.266 e. The van der Waals surface area contributed by atoms with Crippen LogP contribution in [0.5, 0.6) is 5.75 Å². The zero-order valence-corrected chi connectivity index (χ0v) is 11.3. The smallest absolute Gasteiger partial charge is 0.266 e. The zero-order chi connectivity index (χ0) is 14.2. The molecule has 0 aliphatic rings. The van der Waals surface area contributed by atoms with Crippen LogP contribution in [0, 0.1) is 0 Å². The Hall–Kier alpha value is -2.60. The zero-order valence-electron chi connectivity index (χ0n) is 10.5. The molecule has 20 heavy (non-hydrogen) atoms. The molecule has 0 fully saturated rings. The van der Waals surface area contributed by atoms with Crippen LogP contribution < -0.4 is 20.9 Å². The summed E-state index contributed by atoms with van der Waals surface area (Å²) in [6, 6.07) is 16.5. The van der Waals surface area contributed by atoms with Crippen LogP contribution >= 0.6 is 12.2 Å². The van der Waals surface area contributed by atoms with Gasteiger partial charge in [0.2, 0.25) is 6.41 Å². The Labute approximate surface area is 121 Å². The summed E-state index contributed by atoms with van der Waals surface area (Å²) < 4.78 is 5.46. The lowest BCUT2D eigenvalue weighted by Gasteiger charge is -2.10. The van der Waals surface area contributed by atoms with Crippen LogP contribution in [-0.2, 0) is 4.79 Å². The van der Waals surface area contributed by atoms with E-state index in [4.69, 9.17) is 17.0 Å². The molecule has 5 nitrogen and oxygen atoms in total. The predicted octanol–water partition coefficient (Wildman–Crippen LogP) is 2.54. The topological polar surface area (TPSA) is 62.4 Å². The van der Waals surface area contributed by atoms with Gasteiger partial charge >= 0.3 is 0 Å². The maximum absolute atomic E-state index is 10.1. The van der Waals surface area contributed by atoms with E-state index in [1.807, 2.05) is 42.5 Å². The predicted molar refractivity (Wildman–Crippen MR) is 82.6 cm³/mol. The van der Waals surface area contributed by atoms with Crippen LogP contribution in [0.4, 0.5) is 11.4 Å². The Morgan fingerprint density at radius 3 is 2.30 bits per heavy atom. The number of hydrogen-bond donors (Lipinski definition) is 3. The first-order valence-corrected chi connectivity index (χ1v) is 6.28. The number of rotatable bonds is 5. The van der Waals surface area contributed by atoms with Gasteiger partial charge in [0.25, 0.3) is 5.17 Å². The molecule has 0 saturated heterocycles. The fourth-order valence-corrected chi connectivity index (χ4v) is 1.70. The third kappa shape index (κ3) is 4.25. The molecule has 2 rings (SSSR count). The standard InChI is InChI=1S/C14H13N3O2S/c18-10-15-17-12-8-6-11(7-9-12)16-14(20)19-13-4-2-1-3-5-13/h1-10,17H,(H,15,18)(H,16,20). The molecule has 6 heteroatoms. The van der Waals surface area contributed by atoms with Crippen LogP contribution in [-0.4, -0.2) is 11.6 Å². The Morgan fingerprint density at radius 2 is 1.65 bits per heavy atom. The minimum Gasteiger partial charge on any atom is -0.432 e. The first-order valence-electron chi connectivity index (χ1n) is 5.87. The van der Waals surface area contributed by atoms with E-state index in [0.29, 0.717) is 12.2 Å². The molecule has 0 aliphatic carbocycles. The number of carbonyl (C=O) groups excluding carboxylic acids is 1. The van der Waals surface area contributed by atoms with E-state index in [1.165, 1.54) is 0 Å². The van der Waals surface area contributed by atoms with E-state index in [0.717, 1.165) is 11.4 Å². The molecule has 102 valence electrons. The second-order valence-electron chi connectivity index (χ2n) is 3.79. The van der Waals surface area contributed by atoms with E-state index >= 15 is 0 Å². The summed E-state index contributed by atoms with van der Waals surface area (Å²) in [5.74, 6) is 0.679. The molecule has 1 amide bonds. The summed E-state index contributed by atoms with van der Waals surface area (Å²) in [7, 11) is 0. The molecule has 0 spiro atoms. The second-order valence-corrected chi connectivity index (χ2v) is 4.16. The van der Waals surface area contributed by atoms with Crippen molar-refractivity contribution in [2.75, 3.05) is 10.7 Å². The minimum atomic E-state index is 0.267. The molecular weight excluding hydrogens is 274 g/mol. The third-order valence-electron chi connectivity index (χ3n) is 2.36. The van der Waals surface area contributed by atoms with Crippen LogP contribution in [0.25, 0.3) is 0 Å². The highest BCUT2D eigenvalue weighted by atomic mass is 32.1. The molecule has 0 aromatic heterocycles. The molecule has 0 saturated carbocycles. The minimum absolute atomic E-state index is 0.267. The van der Waals surface area contributed by atoms with Gasteiger partial charge in [-0.2, -0.15) is 0 Å². The van der Waals surface area contributed by atoms with Gasteiger partial charge in [-0.15, -0.1) is 0 Å². The molecule has 0 atom stereocenters.